The number of carboxylic acid groups (broad SMARTS) is 1. The van der Waals surface area contributed by atoms with E-state index in [9.17, 15) is 19.5 Å². The van der Waals surface area contributed by atoms with E-state index in [1.165, 1.54) is 30.3 Å². The molecule has 11 heteroatoms. The normalized spacial score (nSPS) is 11.3. The van der Waals surface area contributed by atoms with E-state index in [0.29, 0.717) is 11.3 Å². The van der Waals surface area contributed by atoms with Crippen molar-refractivity contribution < 1.29 is 19.5 Å². The highest BCUT2D eigenvalue weighted by Gasteiger charge is 2.17. The van der Waals surface area contributed by atoms with Crippen LogP contribution in [0, 0.1) is 0 Å². The lowest BCUT2D eigenvalue weighted by Crippen LogP contribution is -2.40. The van der Waals surface area contributed by atoms with Crippen molar-refractivity contribution in [3.63, 3.8) is 0 Å². The van der Waals surface area contributed by atoms with Crippen LogP contribution in [0.3, 0.4) is 0 Å². The first-order valence-corrected chi connectivity index (χ1v) is 9.33. The van der Waals surface area contributed by atoms with Gasteiger partial charge in [0, 0.05) is 18.0 Å². The van der Waals surface area contributed by atoms with Gasteiger partial charge in [0.25, 0.3) is 5.91 Å². The average Bonchev–Trinajstić information content (AvgIpc) is 2.67. The first kappa shape index (κ1) is 23.0. The lowest BCUT2D eigenvalue weighted by Gasteiger charge is -2.20. The quantitative estimate of drug-likeness (QED) is 0.340. The first-order chi connectivity index (χ1) is 14.2. The molecule has 6 N–H and O–H groups in total. The van der Waals surface area contributed by atoms with Gasteiger partial charge < -0.3 is 32.0 Å². The standard InChI is InChI=1S/C19H19Cl2N5O4/c20-13-5-4-10(7-14(13)21)15(8-17(28)29)26-16(27)9-24-18(30)11-2-1-3-12(6-11)25-19(22)23/h1-7,15H,8-9H2,(H,24,30)(H,26,27)(H,28,29)(H4,22,23,25)/p-1. The third-order valence-electron chi connectivity index (χ3n) is 3.83. The number of halogens is 2. The van der Waals surface area contributed by atoms with Gasteiger partial charge in [-0.3, -0.25) is 9.59 Å². The van der Waals surface area contributed by atoms with Crippen molar-refractivity contribution in [1.82, 2.24) is 10.6 Å². The molecule has 0 saturated carbocycles. The molecule has 0 spiro atoms. The zero-order valence-corrected chi connectivity index (χ0v) is 17.0. The number of carboxylic acids is 1. The Hall–Kier alpha value is -3.30. The summed E-state index contributed by atoms with van der Waals surface area (Å²) in [6.45, 7) is -0.393. The van der Waals surface area contributed by atoms with Gasteiger partial charge in [-0.05, 0) is 35.9 Å². The monoisotopic (exact) mass is 450 g/mol. The van der Waals surface area contributed by atoms with Crippen LogP contribution >= 0.6 is 23.2 Å². The highest BCUT2D eigenvalue weighted by atomic mass is 35.5. The van der Waals surface area contributed by atoms with E-state index in [1.54, 1.807) is 12.1 Å². The van der Waals surface area contributed by atoms with Gasteiger partial charge in [0.15, 0.2) is 5.96 Å². The lowest BCUT2D eigenvalue weighted by atomic mass is 10.0. The van der Waals surface area contributed by atoms with E-state index in [2.05, 4.69) is 15.6 Å². The Morgan fingerprint density at radius 3 is 2.43 bits per heavy atom. The largest absolute Gasteiger partial charge is 0.550 e. The number of aliphatic imine (C=N–C) groups is 1. The number of benzene rings is 2. The Balaban J connectivity index is 2.03. The topological polar surface area (TPSA) is 163 Å². The predicted octanol–water partition coefficient (Wildman–Crippen LogP) is 0.626. The molecule has 0 aliphatic heterocycles. The Morgan fingerprint density at radius 2 is 1.80 bits per heavy atom. The number of carbonyl (C=O) groups excluding carboxylic acids is 3. The number of guanidine groups is 1. The van der Waals surface area contributed by atoms with Gasteiger partial charge in [0.2, 0.25) is 5.91 Å². The molecular formula is C19H18Cl2N5O4-. The zero-order valence-electron chi connectivity index (χ0n) is 15.5. The summed E-state index contributed by atoms with van der Waals surface area (Å²) in [4.78, 5) is 39.4. The summed E-state index contributed by atoms with van der Waals surface area (Å²) in [6, 6.07) is 9.71. The van der Waals surface area contributed by atoms with E-state index >= 15 is 0 Å². The molecule has 1 atom stereocenters. The van der Waals surface area contributed by atoms with E-state index < -0.39 is 36.8 Å². The van der Waals surface area contributed by atoms with Crippen LogP contribution < -0.4 is 27.2 Å². The molecular weight excluding hydrogens is 433 g/mol. The van der Waals surface area contributed by atoms with E-state index in [4.69, 9.17) is 34.7 Å². The molecule has 2 amide bonds. The molecule has 0 aliphatic rings. The second-order valence-electron chi connectivity index (χ2n) is 6.14. The van der Waals surface area contributed by atoms with Crippen LogP contribution in [0.5, 0.6) is 0 Å². The minimum Gasteiger partial charge on any atom is -0.550 e. The summed E-state index contributed by atoms with van der Waals surface area (Å²) < 4.78 is 0. The molecule has 0 saturated heterocycles. The molecule has 9 nitrogen and oxygen atoms in total. The number of nitrogens with two attached hydrogens (primary N) is 2. The van der Waals surface area contributed by atoms with Gasteiger partial charge in [-0.25, -0.2) is 4.99 Å². The second kappa shape index (κ2) is 10.5. The molecule has 0 radical (unpaired) electrons. The number of nitrogens with one attached hydrogen (secondary N) is 2. The van der Waals surface area contributed by atoms with Crippen LogP contribution in [-0.2, 0) is 9.59 Å². The fraction of sp³-hybridized carbons (Fsp3) is 0.158. The van der Waals surface area contributed by atoms with Gasteiger partial charge in [0.05, 0.1) is 28.3 Å². The van der Waals surface area contributed by atoms with Crippen molar-refractivity contribution in [2.75, 3.05) is 6.54 Å². The van der Waals surface area contributed by atoms with Gasteiger partial charge in [-0.1, -0.05) is 35.3 Å². The smallest absolute Gasteiger partial charge is 0.251 e. The molecule has 0 bridgehead atoms. The molecule has 0 heterocycles. The number of aliphatic carboxylic acids is 1. The van der Waals surface area contributed by atoms with Crippen LogP contribution in [0.4, 0.5) is 5.69 Å². The molecule has 2 aromatic carbocycles. The van der Waals surface area contributed by atoms with Crippen molar-refractivity contribution in [2.45, 2.75) is 12.5 Å². The van der Waals surface area contributed by atoms with Gasteiger partial charge in [0.1, 0.15) is 0 Å². The van der Waals surface area contributed by atoms with E-state index in [0.717, 1.165) is 0 Å². The number of amides is 2. The van der Waals surface area contributed by atoms with Crippen LogP contribution in [0.25, 0.3) is 0 Å². The van der Waals surface area contributed by atoms with E-state index in [-0.39, 0.29) is 21.6 Å². The van der Waals surface area contributed by atoms with Crippen molar-refractivity contribution in [2.24, 2.45) is 16.5 Å². The van der Waals surface area contributed by atoms with Crippen molar-refractivity contribution in [1.29, 1.82) is 0 Å². The maximum atomic E-state index is 12.3. The van der Waals surface area contributed by atoms with Gasteiger partial charge >= 0.3 is 0 Å². The highest BCUT2D eigenvalue weighted by Crippen LogP contribution is 2.26. The summed E-state index contributed by atoms with van der Waals surface area (Å²) in [5, 5.41) is 16.5. The third kappa shape index (κ3) is 6.94. The average molecular weight is 451 g/mol. The Kier molecular flexibility index (Phi) is 8.02. The summed E-state index contributed by atoms with van der Waals surface area (Å²) in [7, 11) is 0. The minimum absolute atomic E-state index is 0.159. The zero-order chi connectivity index (χ0) is 22.3. The van der Waals surface area contributed by atoms with E-state index in [1.807, 2.05) is 0 Å². The summed E-state index contributed by atoms with van der Waals surface area (Å²) in [5.41, 5.74) is 11.7. The molecule has 2 rings (SSSR count). The van der Waals surface area contributed by atoms with Crippen LogP contribution in [0.2, 0.25) is 10.0 Å². The van der Waals surface area contributed by atoms with Gasteiger partial charge in [-0.2, -0.15) is 0 Å². The summed E-state index contributed by atoms with van der Waals surface area (Å²) in [5.74, 6) is -2.68. The third-order valence-corrected chi connectivity index (χ3v) is 4.57. The lowest BCUT2D eigenvalue weighted by molar-refractivity contribution is -0.306. The summed E-state index contributed by atoms with van der Waals surface area (Å²) >= 11 is 11.8. The molecule has 0 fully saturated rings. The Labute approximate surface area is 182 Å². The molecule has 0 aliphatic carbocycles. The number of rotatable bonds is 8. The first-order valence-electron chi connectivity index (χ1n) is 8.57. The number of hydrogen-bond donors (Lipinski definition) is 4. The molecule has 2 aromatic rings. The fourth-order valence-corrected chi connectivity index (χ4v) is 2.83. The summed E-state index contributed by atoms with van der Waals surface area (Å²) in [6.07, 6.45) is -0.488. The predicted molar refractivity (Wildman–Crippen MR) is 111 cm³/mol. The van der Waals surface area contributed by atoms with Crippen LogP contribution in [-0.4, -0.2) is 30.3 Å². The van der Waals surface area contributed by atoms with Crippen molar-refractivity contribution >= 4 is 52.6 Å². The Bertz CT molecular complexity index is 993. The number of carbonyl (C=O) groups is 3. The fourth-order valence-electron chi connectivity index (χ4n) is 2.52. The van der Waals surface area contributed by atoms with Crippen molar-refractivity contribution in [3.05, 3.63) is 63.6 Å². The van der Waals surface area contributed by atoms with Crippen molar-refractivity contribution in [3.8, 4) is 0 Å². The molecule has 1 unspecified atom stereocenters. The SMILES string of the molecule is NC(N)=Nc1cccc(C(=O)NCC(=O)NC(CC(=O)[O-])c2ccc(Cl)c(Cl)c2)c1. The maximum absolute atomic E-state index is 12.3. The molecule has 30 heavy (non-hydrogen) atoms. The van der Waals surface area contributed by atoms with Gasteiger partial charge in [-0.15, -0.1) is 0 Å². The number of hydrogen-bond acceptors (Lipinski definition) is 5. The Morgan fingerprint density at radius 1 is 1.07 bits per heavy atom. The number of nitrogens with zero attached hydrogens (tertiary/aromatic N) is 1. The maximum Gasteiger partial charge on any atom is 0.251 e. The second-order valence-corrected chi connectivity index (χ2v) is 6.95. The van der Waals surface area contributed by atoms with Crippen LogP contribution in [0.1, 0.15) is 28.4 Å². The highest BCUT2D eigenvalue weighted by molar-refractivity contribution is 6.42. The minimum atomic E-state index is -1.37. The van der Waals surface area contributed by atoms with Crippen LogP contribution in [0.15, 0.2) is 47.5 Å². The molecule has 0 aromatic heterocycles. The molecule has 158 valence electrons.